The van der Waals surface area contributed by atoms with Crippen LogP contribution in [-0.2, 0) is 6.18 Å². The quantitative estimate of drug-likeness (QED) is 0.545. The number of rotatable bonds is 3. The van der Waals surface area contributed by atoms with E-state index in [1.165, 1.54) is 18.5 Å². The minimum absolute atomic E-state index is 0.195. The van der Waals surface area contributed by atoms with E-state index in [2.05, 4.69) is 35.5 Å². The lowest BCUT2D eigenvalue weighted by Crippen LogP contribution is -2.06. The molecule has 0 bridgehead atoms. The average Bonchev–Trinajstić information content (AvgIpc) is 2.68. The van der Waals surface area contributed by atoms with Gasteiger partial charge in [-0.15, -0.1) is 5.10 Å². The Morgan fingerprint density at radius 3 is 2.54 bits per heavy atom. The number of halogens is 4. The molecule has 0 aliphatic carbocycles. The molecule has 0 aliphatic rings. The molecule has 0 saturated heterocycles. The van der Waals surface area contributed by atoms with Crippen LogP contribution in [0.15, 0.2) is 49.1 Å². The third kappa shape index (κ3) is 3.54. The lowest BCUT2D eigenvalue weighted by atomic mass is 10.2. The van der Waals surface area contributed by atoms with Crippen molar-refractivity contribution in [3.05, 3.63) is 59.6 Å². The molecule has 0 saturated carbocycles. The van der Waals surface area contributed by atoms with E-state index in [1.807, 2.05) is 0 Å². The minimum atomic E-state index is -4.45. The fraction of sp³-hybridized carbons (Fsp3) is 0.0588. The van der Waals surface area contributed by atoms with Crippen LogP contribution < -0.4 is 5.32 Å². The van der Waals surface area contributed by atoms with Crippen LogP contribution in [0.4, 0.5) is 24.7 Å². The first-order valence-electron chi connectivity index (χ1n) is 7.81. The van der Waals surface area contributed by atoms with Crippen molar-refractivity contribution in [2.75, 3.05) is 5.32 Å². The van der Waals surface area contributed by atoms with Gasteiger partial charge in [-0.1, -0.05) is 11.6 Å². The zero-order valence-electron chi connectivity index (χ0n) is 13.8. The summed E-state index contributed by atoms with van der Waals surface area (Å²) in [6, 6.07) is 5.51. The van der Waals surface area contributed by atoms with E-state index in [0.717, 1.165) is 12.3 Å². The number of hydrogen-bond donors (Lipinski definition) is 1. The smallest absolute Gasteiger partial charge is 0.337 e. The summed E-state index contributed by atoms with van der Waals surface area (Å²) >= 11 is 6.13. The summed E-state index contributed by atoms with van der Waals surface area (Å²) in [5, 5.41) is 11.1. The van der Waals surface area contributed by atoms with Crippen LogP contribution in [0.5, 0.6) is 0 Å². The molecule has 11 heteroatoms. The fourth-order valence-corrected chi connectivity index (χ4v) is 2.61. The monoisotopic (exact) mass is 403 g/mol. The molecule has 0 spiro atoms. The topological polar surface area (TPSA) is 89.4 Å². The molecular weight excluding hydrogens is 395 g/mol. The standard InChI is InChI=1S/C17H9ClF3N7/c18-10-2-1-5-22-14(10)11-7-24-15-12(8-25-28-16(15)27-11)26-13-4-3-9(6-23-13)17(19,20)21/h1-8H,(H,23,26,27,28). The summed E-state index contributed by atoms with van der Waals surface area (Å²) in [5.41, 5.74) is 1.000. The van der Waals surface area contributed by atoms with Crippen LogP contribution in [0.1, 0.15) is 5.56 Å². The van der Waals surface area contributed by atoms with E-state index < -0.39 is 11.7 Å². The van der Waals surface area contributed by atoms with Crippen LogP contribution >= 0.6 is 11.6 Å². The van der Waals surface area contributed by atoms with Gasteiger partial charge in [0.2, 0.25) is 5.65 Å². The van der Waals surface area contributed by atoms with Crippen molar-refractivity contribution in [1.29, 1.82) is 0 Å². The Morgan fingerprint density at radius 1 is 0.964 bits per heavy atom. The largest absolute Gasteiger partial charge is 0.417 e. The summed E-state index contributed by atoms with van der Waals surface area (Å²) in [6.45, 7) is 0. The second kappa shape index (κ2) is 6.97. The molecule has 0 aliphatic heterocycles. The Kier molecular flexibility index (Phi) is 4.47. The highest BCUT2D eigenvalue weighted by Gasteiger charge is 2.30. The number of hydrogen-bond acceptors (Lipinski definition) is 7. The van der Waals surface area contributed by atoms with Gasteiger partial charge in [0.1, 0.15) is 22.7 Å². The molecule has 4 aromatic heterocycles. The van der Waals surface area contributed by atoms with Crippen molar-refractivity contribution >= 4 is 34.3 Å². The highest BCUT2D eigenvalue weighted by Crippen LogP contribution is 2.30. The molecule has 0 amide bonds. The first-order valence-corrected chi connectivity index (χ1v) is 8.19. The van der Waals surface area contributed by atoms with E-state index in [4.69, 9.17) is 11.6 Å². The normalized spacial score (nSPS) is 11.6. The Labute approximate surface area is 160 Å². The van der Waals surface area contributed by atoms with E-state index in [-0.39, 0.29) is 11.5 Å². The molecule has 0 atom stereocenters. The van der Waals surface area contributed by atoms with E-state index in [1.54, 1.807) is 18.3 Å². The summed E-state index contributed by atoms with van der Waals surface area (Å²) in [5.74, 6) is 0.195. The van der Waals surface area contributed by atoms with Gasteiger partial charge < -0.3 is 5.32 Å². The van der Waals surface area contributed by atoms with Crippen molar-refractivity contribution in [3.8, 4) is 11.4 Å². The van der Waals surface area contributed by atoms with Gasteiger partial charge in [-0.3, -0.25) is 4.98 Å². The summed E-state index contributed by atoms with van der Waals surface area (Å²) < 4.78 is 37.9. The highest BCUT2D eigenvalue weighted by atomic mass is 35.5. The molecule has 28 heavy (non-hydrogen) atoms. The van der Waals surface area contributed by atoms with Gasteiger partial charge in [-0.25, -0.2) is 15.0 Å². The number of fused-ring (bicyclic) bond motifs is 1. The van der Waals surface area contributed by atoms with Crippen LogP contribution in [0.2, 0.25) is 5.02 Å². The first kappa shape index (κ1) is 18.0. The van der Waals surface area contributed by atoms with Crippen molar-refractivity contribution in [2.24, 2.45) is 0 Å². The van der Waals surface area contributed by atoms with Crippen LogP contribution in [-0.4, -0.2) is 30.1 Å². The zero-order valence-corrected chi connectivity index (χ0v) is 14.6. The molecule has 0 radical (unpaired) electrons. The van der Waals surface area contributed by atoms with Crippen molar-refractivity contribution < 1.29 is 13.2 Å². The Balaban J connectivity index is 1.68. The van der Waals surface area contributed by atoms with Gasteiger partial charge in [0.25, 0.3) is 0 Å². The average molecular weight is 404 g/mol. The molecule has 7 nitrogen and oxygen atoms in total. The number of nitrogens with zero attached hydrogens (tertiary/aromatic N) is 6. The maximum Gasteiger partial charge on any atom is 0.417 e. The third-order valence-corrected chi connectivity index (χ3v) is 4.01. The van der Waals surface area contributed by atoms with E-state index in [9.17, 15) is 13.2 Å². The van der Waals surface area contributed by atoms with Gasteiger partial charge in [0.05, 0.1) is 28.7 Å². The lowest BCUT2D eigenvalue weighted by Gasteiger charge is -2.10. The highest BCUT2D eigenvalue weighted by molar-refractivity contribution is 6.32. The minimum Gasteiger partial charge on any atom is -0.337 e. The fourth-order valence-electron chi connectivity index (χ4n) is 2.39. The molecule has 0 unspecified atom stereocenters. The molecule has 4 rings (SSSR count). The van der Waals surface area contributed by atoms with E-state index >= 15 is 0 Å². The maximum atomic E-state index is 12.6. The van der Waals surface area contributed by atoms with Crippen LogP contribution in [0.3, 0.4) is 0 Å². The summed E-state index contributed by atoms with van der Waals surface area (Å²) in [7, 11) is 0. The summed E-state index contributed by atoms with van der Waals surface area (Å²) in [6.07, 6.45) is 0.720. The first-order chi connectivity index (χ1) is 13.4. The van der Waals surface area contributed by atoms with Gasteiger partial charge >= 0.3 is 6.18 Å². The lowest BCUT2D eigenvalue weighted by molar-refractivity contribution is -0.137. The van der Waals surface area contributed by atoms with Crippen LogP contribution in [0.25, 0.3) is 22.6 Å². The Bertz CT molecular complexity index is 1150. The molecule has 4 heterocycles. The SMILES string of the molecule is FC(F)(F)c1ccc(Nc2cnnc3nc(-c4ncccc4Cl)cnc23)nc1. The van der Waals surface area contributed by atoms with Gasteiger partial charge in [-0.05, 0) is 24.3 Å². The van der Waals surface area contributed by atoms with Crippen molar-refractivity contribution in [2.45, 2.75) is 6.18 Å². The zero-order chi connectivity index (χ0) is 19.7. The van der Waals surface area contributed by atoms with Gasteiger partial charge in [-0.2, -0.15) is 18.3 Å². The Morgan fingerprint density at radius 2 is 1.82 bits per heavy atom. The van der Waals surface area contributed by atoms with Crippen LogP contribution in [0, 0.1) is 0 Å². The van der Waals surface area contributed by atoms with E-state index in [0.29, 0.717) is 27.6 Å². The maximum absolute atomic E-state index is 12.6. The second-order valence-electron chi connectivity index (χ2n) is 5.57. The number of anilines is 2. The predicted molar refractivity (Wildman–Crippen MR) is 95.9 cm³/mol. The number of alkyl halides is 3. The summed E-state index contributed by atoms with van der Waals surface area (Å²) in [4.78, 5) is 16.6. The molecule has 4 aromatic rings. The number of pyridine rings is 2. The van der Waals surface area contributed by atoms with Crippen molar-refractivity contribution in [3.63, 3.8) is 0 Å². The van der Waals surface area contributed by atoms with Gasteiger partial charge in [0, 0.05) is 12.4 Å². The molecule has 1 N–H and O–H groups in total. The molecule has 0 fully saturated rings. The molecule has 140 valence electrons. The number of aromatic nitrogens is 6. The number of nitrogens with one attached hydrogen (secondary N) is 1. The second-order valence-corrected chi connectivity index (χ2v) is 5.98. The van der Waals surface area contributed by atoms with Gasteiger partial charge in [0.15, 0.2) is 0 Å². The molecular formula is C17H9ClF3N7. The molecule has 0 aromatic carbocycles. The third-order valence-electron chi connectivity index (χ3n) is 3.70. The van der Waals surface area contributed by atoms with Crippen molar-refractivity contribution in [1.82, 2.24) is 30.1 Å². The Hall–Kier alpha value is -3.40. The predicted octanol–water partition coefficient (Wildman–Crippen LogP) is 4.29.